The minimum Gasteiger partial charge on any atom is -0.309 e. The summed E-state index contributed by atoms with van der Waals surface area (Å²) < 4.78 is 22.0. The van der Waals surface area contributed by atoms with Gasteiger partial charge < -0.3 is 5.32 Å². The molecule has 0 aromatic carbocycles. The maximum Gasteiger partial charge on any atom is 0.153 e. The van der Waals surface area contributed by atoms with Crippen molar-refractivity contribution in [3.8, 4) is 0 Å². The molecule has 2 unspecified atom stereocenters. The highest BCUT2D eigenvalue weighted by atomic mass is 32.2. The second-order valence-electron chi connectivity index (χ2n) is 4.65. The molecule has 1 saturated carbocycles. The average molecular weight is 217 g/mol. The van der Waals surface area contributed by atoms with Gasteiger partial charge in [-0.15, -0.1) is 0 Å². The minimum atomic E-state index is -2.66. The highest BCUT2D eigenvalue weighted by Gasteiger charge is 2.36. The van der Waals surface area contributed by atoms with Crippen molar-refractivity contribution in [3.05, 3.63) is 0 Å². The molecule has 4 heteroatoms. The van der Waals surface area contributed by atoms with Gasteiger partial charge in [-0.25, -0.2) is 8.42 Å². The van der Waals surface area contributed by atoms with Crippen LogP contribution in [0.2, 0.25) is 0 Å². The van der Waals surface area contributed by atoms with Gasteiger partial charge in [-0.1, -0.05) is 19.8 Å². The van der Waals surface area contributed by atoms with Gasteiger partial charge in [0.2, 0.25) is 0 Å². The summed E-state index contributed by atoms with van der Waals surface area (Å²) in [6, 6.07) is 0.831. The quantitative estimate of drug-likeness (QED) is 0.765. The molecule has 1 heterocycles. The first-order chi connectivity index (χ1) is 6.61. The van der Waals surface area contributed by atoms with E-state index in [1.54, 1.807) is 0 Å². The van der Waals surface area contributed by atoms with Gasteiger partial charge >= 0.3 is 0 Å². The molecule has 1 N–H and O–H groups in total. The normalized spacial score (nSPS) is 36.9. The van der Waals surface area contributed by atoms with Crippen LogP contribution in [0.1, 0.15) is 32.6 Å². The Hall–Kier alpha value is -0.0900. The van der Waals surface area contributed by atoms with E-state index in [1.165, 1.54) is 25.7 Å². The van der Waals surface area contributed by atoms with Crippen LogP contribution in [-0.4, -0.2) is 32.0 Å². The highest BCUT2D eigenvalue weighted by Crippen LogP contribution is 2.29. The summed E-state index contributed by atoms with van der Waals surface area (Å²) in [5, 5.41) is 3.49. The molecule has 0 amide bonds. The summed E-state index contributed by atoms with van der Waals surface area (Å²) in [7, 11) is -2.66. The van der Waals surface area contributed by atoms with Crippen LogP contribution in [0.25, 0.3) is 0 Å². The average Bonchev–Trinajstić information content (AvgIpc) is 2.48. The Bertz CT molecular complexity index is 287. The molecule has 3 nitrogen and oxygen atoms in total. The maximum absolute atomic E-state index is 11.0. The van der Waals surface area contributed by atoms with Gasteiger partial charge in [0.15, 0.2) is 9.84 Å². The number of rotatable bonds is 3. The van der Waals surface area contributed by atoms with E-state index < -0.39 is 9.84 Å². The molecule has 1 saturated heterocycles. The first-order valence-corrected chi connectivity index (χ1v) is 7.39. The van der Waals surface area contributed by atoms with E-state index in [0.29, 0.717) is 17.5 Å². The van der Waals surface area contributed by atoms with E-state index in [2.05, 4.69) is 12.2 Å². The second kappa shape index (κ2) is 3.81. The van der Waals surface area contributed by atoms with E-state index in [0.717, 1.165) is 5.92 Å². The SMILES string of the molecule is CCC1CCCC1NC1CS(=O)(=O)C1. The van der Waals surface area contributed by atoms with Gasteiger partial charge in [0.1, 0.15) is 0 Å². The van der Waals surface area contributed by atoms with Crippen molar-refractivity contribution < 1.29 is 8.42 Å². The Morgan fingerprint density at radius 1 is 1.29 bits per heavy atom. The molecule has 0 aromatic heterocycles. The molecule has 2 atom stereocenters. The molecule has 2 aliphatic rings. The molecular weight excluding hydrogens is 198 g/mol. The fraction of sp³-hybridized carbons (Fsp3) is 1.00. The van der Waals surface area contributed by atoms with Crippen molar-refractivity contribution in [1.29, 1.82) is 0 Å². The van der Waals surface area contributed by atoms with Crippen LogP contribution in [-0.2, 0) is 9.84 Å². The van der Waals surface area contributed by atoms with E-state index in [9.17, 15) is 8.42 Å². The molecule has 14 heavy (non-hydrogen) atoms. The van der Waals surface area contributed by atoms with Crippen molar-refractivity contribution in [2.75, 3.05) is 11.5 Å². The van der Waals surface area contributed by atoms with Gasteiger partial charge in [-0.05, 0) is 18.8 Å². The molecule has 1 aliphatic carbocycles. The Labute approximate surface area is 86.2 Å². The molecule has 0 aromatic rings. The number of hydrogen-bond donors (Lipinski definition) is 1. The summed E-state index contributed by atoms with van der Waals surface area (Å²) in [6.45, 7) is 2.22. The first-order valence-electron chi connectivity index (χ1n) is 5.57. The van der Waals surface area contributed by atoms with Crippen LogP contribution in [0, 0.1) is 5.92 Å². The topological polar surface area (TPSA) is 46.2 Å². The Morgan fingerprint density at radius 2 is 2.00 bits per heavy atom. The van der Waals surface area contributed by atoms with Gasteiger partial charge in [-0.2, -0.15) is 0 Å². The van der Waals surface area contributed by atoms with Gasteiger partial charge in [-0.3, -0.25) is 0 Å². The standard InChI is InChI=1S/C10H19NO2S/c1-2-8-4-3-5-10(8)11-9-6-14(12,13)7-9/h8-11H,2-7H2,1H3. The summed E-state index contributed by atoms with van der Waals surface area (Å²) in [6.07, 6.45) is 5.06. The van der Waals surface area contributed by atoms with Gasteiger partial charge in [0, 0.05) is 12.1 Å². The molecular formula is C10H19NO2S. The molecule has 0 bridgehead atoms. The van der Waals surface area contributed by atoms with Crippen molar-refractivity contribution >= 4 is 9.84 Å². The van der Waals surface area contributed by atoms with Gasteiger partial charge in [0.05, 0.1) is 11.5 Å². The lowest BCUT2D eigenvalue weighted by Crippen LogP contribution is -2.54. The summed E-state index contributed by atoms with van der Waals surface area (Å²) in [4.78, 5) is 0. The largest absolute Gasteiger partial charge is 0.309 e. The third-order valence-corrected chi connectivity index (χ3v) is 5.36. The van der Waals surface area contributed by atoms with Gasteiger partial charge in [0.25, 0.3) is 0 Å². The highest BCUT2D eigenvalue weighted by molar-refractivity contribution is 7.92. The first kappa shape index (κ1) is 10.4. The predicted octanol–water partition coefficient (Wildman–Crippen LogP) is 0.952. The summed E-state index contributed by atoms with van der Waals surface area (Å²) in [5.41, 5.74) is 0. The lowest BCUT2D eigenvalue weighted by molar-refractivity contribution is 0.357. The van der Waals surface area contributed by atoms with Crippen molar-refractivity contribution in [2.45, 2.75) is 44.7 Å². The van der Waals surface area contributed by atoms with Crippen LogP contribution in [0.3, 0.4) is 0 Å². The van der Waals surface area contributed by atoms with Crippen LogP contribution in [0.15, 0.2) is 0 Å². The van der Waals surface area contributed by atoms with E-state index >= 15 is 0 Å². The van der Waals surface area contributed by atoms with Crippen molar-refractivity contribution in [1.82, 2.24) is 5.32 Å². The Kier molecular flexibility index (Phi) is 2.84. The van der Waals surface area contributed by atoms with Crippen molar-refractivity contribution in [3.63, 3.8) is 0 Å². The fourth-order valence-electron chi connectivity index (χ4n) is 2.71. The zero-order valence-electron chi connectivity index (χ0n) is 8.70. The summed E-state index contributed by atoms with van der Waals surface area (Å²) in [5.74, 6) is 1.50. The maximum atomic E-state index is 11.0. The molecule has 2 fully saturated rings. The lowest BCUT2D eigenvalue weighted by Gasteiger charge is -2.32. The van der Waals surface area contributed by atoms with Crippen LogP contribution in [0.5, 0.6) is 0 Å². The monoisotopic (exact) mass is 217 g/mol. The van der Waals surface area contributed by atoms with E-state index in [1.807, 2.05) is 0 Å². The number of hydrogen-bond acceptors (Lipinski definition) is 3. The van der Waals surface area contributed by atoms with Crippen LogP contribution in [0.4, 0.5) is 0 Å². The molecule has 1 aliphatic heterocycles. The molecule has 0 spiro atoms. The van der Waals surface area contributed by atoms with Crippen LogP contribution >= 0.6 is 0 Å². The zero-order valence-corrected chi connectivity index (χ0v) is 9.52. The van der Waals surface area contributed by atoms with Crippen molar-refractivity contribution in [2.24, 2.45) is 5.92 Å². The van der Waals surface area contributed by atoms with E-state index in [4.69, 9.17) is 0 Å². The molecule has 2 rings (SSSR count). The van der Waals surface area contributed by atoms with E-state index in [-0.39, 0.29) is 6.04 Å². The third-order valence-electron chi connectivity index (χ3n) is 3.54. The molecule has 82 valence electrons. The Morgan fingerprint density at radius 3 is 2.57 bits per heavy atom. The number of nitrogens with one attached hydrogen (secondary N) is 1. The van der Waals surface area contributed by atoms with Crippen LogP contribution < -0.4 is 5.32 Å². The lowest BCUT2D eigenvalue weighted by atomic mass is 10.00. The smallest absolute Gasteiger partial charge is 0.153 e. The third kappa shape index (κ3) is 2.11. The zero-order chi connectivity index (χ0) is 10.2. The molecule has 0 radical (unpaired) electrons. The minimum absolute atomic E-state index is 0.247. The summed E-state index contributed by atoms with van der Waals surface area (Å²) >= 11 is 0. The Balaban J connectivity index is 1.81. The second-order valence-corrected chi connectivity index (χ2v) is 6.80. The fourth-order valence-corrected chi connectivity index (χ4v) is 4.03. The predicted molar refractivity (Wildman–Crippen MR) is 57.0 cm³/mol. The number of sulfone groups is 1.